The molecule has 0 spiro atoms. The molecule has 0 aromatic carbocycles. The summed E-state index contributed by atoms with van der Waals surface area (Å²) >= 11 is 0. The van der Waals surface area contributed by atoms with Crippen LogP contribution in [0.15, 0.2) is 16.5 Å². The van der Waals surface area contributed by atoms with E-state index < -0.39 is 5.97 Å². The second kappa shape index (κ2) is 4.31. The van der Waals surface area contributed by atoms with Gasteiger partial charge in [-0.15, -0.1) is 6.42 Å². The summed E-state index contributed by atoms with van der Waals surface area (Å²) in [5.41, 5.74) is -0.222. The molecule has 0 aliphatic heterocycles. The molecule has 4 heteroatoms. The van der Waals surface area contributed by atoms with Gasteiger partial charge in [0.05, 0.1) is 6.54 Å². The molecule has 1 rings (SSSR count). The van der Waals surface area contributed by atoms with Crippen molar-refractivity contribution in [1.29, 1.82) is 0 Å². The van der Waals surface area contributed by atoms with Gasteiger partial charge in [0.25, 0.3) is 0 Å². The van der Waals surface area contributed by atoms with Gasteiger partial charge in [-0.2, -0.15) is 0 Å². The molecule has 0 atom stereocenters. The molecule has 0 amide bonds. The highest BCUT2D eigenvalue weighted by Gasteiger charge is 2.24. The van der Waals surface area contributed by atoms with Crippen LogP contribution in [0.25, 0.3) is 0 Å². The summed E-state index contributed by atoms with van der Waals surface area (Å²) in [4.78, 5) is 12.5. The van der Waals surface area contributed by atoms with E-state index >= 15 is 0 Å². The maximum atomic E-state index is 10.7. The number of hydrogen-bond acceptors (Lipinski definition) is 3. The van der Waals surface area contributed by atoms with E-state index in [1.54, 1.807) is 6.07 Å². The van der Waals surface area contributed by atoms with Crippen molar-refractivity contribution in [3.05, 3.63) is 17.9 Å². The van der Waals surface area contributed by atoms with Crippen molar-refractivity contribution in [3.8, 4) is 12.3 Å². The maximum absolute atomic E-state index is 10.7. The van der Waals surface area contributed by atoms with Gasteiger partial charge in [-0.05, 0) is 26.8 Å². The summed E-state index contributed by atoms with van der Waals surface area (Å²) in [6.45, 7) is 6.31. The highest BCUT2D eigenvalue weighted by atomic mass is 16.4. The van der Waals surface area contributed by atoms with Gasteiger partial charge < -0.3 is 14.4 Å². The van der Waals surface area contributed by atoms with Crippen LogP contribution in [0.4, 0.5) is 5.88 Å². The molecule has 0 aliphatic carbocycles. The fourth-order valence-corrected chi connectivity index (χ4v) is 1.32. The SMILES string of the molecule is C#CCN(c1ccc(C(=O)O)o1)C(C)(C)C. The Bertz CT molecular complexity index is 420. The van der Waals surface area contributed by atoms with Crippen molar-refractivity contribution in [1.82, 2.24) is 0 Å². The van der Waals surface area contributed by atoms with E-state index in [1.807, 2.05) is 25.7 Å². The van der Waals surface area contributed by atoms with Gasteiger partial charge in [0.15, 0.2) is 5.88 Å². The molecule has 0 saturated heterocycles. The standard InChI is InChI=1S/C12H15NO3/c1-5-8-13(12(2,3)4)10-7-6-9(16-10)11(14)15/h1,6-7H,8H2,2-4H3,(H,14,15). The normalized spacial score (nSPS) is 10.9. The van der Waals surface area contributed by atoms with E-state index in [1.165, 1.54) is 6.07 Å². The third kappa shape index (κ3) is 2.57. The Morgan fingerprint density at radius 2 is 2.19 bits per heavy atom. The van der Waals surface area contributed by atoms with Crippen LogP contribution < -0.4 is 4.90 Å². The maximum Gasteiger partial charge on any atom is 0.371 e. The van der Waals surface area contributed by atoms with Gasteiger partial charge in [-0.1, -0.05) is 5.92 Å². The predicted molar refractivity (Wildman–Crippen MR) is 61.6 cm³/mol. The average Bonchev–Trinajstić information content (AvgIpc) is 2.60. The number of terminal acetylenes is 1. The lowest BCUT2D eigenvalue weighted by Crippen LogP contribution is -2.41. The number of aromatic carboxylic acids is 1. The first-order chi connectivity index (χ1) is 7.36. The quantitative estimate of drug-likeness (QED) is 0.795. The van der Waals surface area contributed by atoms with Gasteiger partial charge in [-0.3, -0.25) is 0 Å². The summed E-state index contributed by atoms with van der Waals surface area (Å²) in [6.07, 6.45) is 5.28. The lowest BCUT2D eigenvalue weighted by Gasteiger charge is -2.33. The molecule has 1 aromatic heterocycles. The summed E-state index contributed by atoms with van der Waals surface area (Å²) in [5, 5.41) is 8.76. The highest BCUT2D eigenvalue weighted by molar-refractivity contribution is 5.84. The zero-order valence-corrected chi connectivity index (χ0v) is 9.65. The van der Waals surface area contributed by atoms with E-state index in [0.29, 0.717) is 12.4 Å². The molecule has 16 heavy (non-hydrogen) atoms. The molecule has 0 aliphatic rings. The molecule has 0 saturated carbocycles. The molecule has 1 heterocycles. The minimum Gasteiger partial charge on any atom is -0.475 e. The van der Waals surface area contributed by atoms with Crippen LogP contribution in [0, 0.1) is 12.3 Å². The van der Waals surface area contributed by atoms with Gasteiger partial charge in [0.2, 0.25) is 5.76 Å². The minimum atomic E-state index is -1.08. The van der Waals surface area contributed by atoms with Crippen molar-refractivity contribution in [3.63, 3.8) is 0 Å². The zero-order valence-electron chi connectivity index (χ0n) is 9.65. The van der Waals surface area contributed by atoms with Gasteiger partial charge in [-0.25, -0.2) is 4.79 Å². The molecular weight excluding hydrogens is 206 g/mol. The second-order valence-corrected chi connectivity index (χ2v) is 4.40. The molecule has 0 radical (unpaired) electrons. The summed E-state index contributed by atoms with van der Waals surface area (Å²) < 4.78 is 5.22. The van der Waals surface area contributed by atoms with Gasteiger partial charge in [0.1, 0.15) is 0 Å². The molecule has 1 aromatic rings. The average molecular weight is 221 g/mol. The summed E-state index contributed by atoms with van der Waals surface area (Å²) in [6, 6.07) is 3.04. The molecule has 0 fully saturated rings. The van der Waals surface area contributed by atoms with Crippen molar-refractivity contribution in [2.24, 2.45) is 0 Å². The van der Waals surface area contributed by atoms with Crippen LogP contribution in [-0.4, -0.2) is 23.2 Å². The summed E-state index contributed by atoms with van der Waals surface area (Å²) in [5.74, 6) is 1.84. The third-order valence-corrected chi connectivity index (χ3v) is 2.13. The largest absolute Gasteiger partial charge is 0.475 e. The minimum absolute atomic E-state index is 0.0822. The van der Waals surface area contributed by atoms with Crippen LogP contribution in [0.2, 0.25) is 0 Å². The molecule has 4 nitrogen and oxygen atoms in total. The first kappa shape index (κ1) is 12.2. The number of hydrogen-bond donors (Lipinski definition) is 1. The predicted octanol–water partition coefficient (Wildman–Crippen LogP) is 2.22. The highest BCUT2D eigenvalue weighted by Crippen LogP contribution is 2.25. The third-order valence-electron chi connectivity index (χ3n) is 2.13. The van der Waals surface area contributed by atoms with Crippen molar-refractivity contribution < 1.29 is 14.3 Å². The van der Waals surface area contributed by atoms with E-state index in [-0.39, 0.29) is 11.3 Å². The first-order valence-electron chi connectivity index (χ1n) is 4.90. The number of carboxylic acid groups (broad SMARTS) is 1. The second-order valence-electron chi connectivity index (χ2n) is 4.40. The van der Waals surface area contributed by atoms with Crippen LogP contribution in [-0.2, 0) is 0 Å². The number of anilines is 1. The zero-order chi connectivity index (χ0) is 12.3. The molecular formula is C12H15NO3. The van der Waals surface area contributed by atoms with Crippen LogP contribution in [0.5, 0.6) is 0 Å². The van der Waals surface area contributed by atoms with Gasteiger partial charge in [0, 0.05) is 11.6 Å². The lowest BCUT2D eigenvalue weighted by atomic mass is 10.1. The molecule has 0 unspecified atom stereocenters. The van der Waals surface area contributed by atoms with Crippen molar-refractivity contribution in [2.75, 3.05) is 11.4 Å². The number of carbonyl (C=O) groups is 1. The number of carboxylic acids is 1. The number of rotatable bonds is 3. The molecule has 0 bridgehead atoms. The molecule has 86 valence electrons. The van der Waals surface area contributed by atoms with Crippen LogP contribution in [0.1, 0.15) is 31.3 Å². The fraction of sp³-hybridized carbons (Fsp3) is 0.417. The Labute approximate surface area is 94.9 Å². The monoisotopic (exact) mass is 221 g/mol. The van der Waals surface area contributed by atoms with Crippen LogP contribution >= 0.6 is 0 Å². The Morgan fingerprint density at radius 3 is 2.56 bits per heavy atom. The Morgan fingerprint density at radius 1 is 1.56 bits per heavy atom. The van der Waals surface area contributed by atoms with Crippen molar-refractivity contribution >= 4 is 11.9 Å². The Kier molecular flexibility index (Phi) is 3.28. The fourth-order valence-electron chi connectivity index (χ4n) is 1.32. The van der Waals surface area contributed by atoms with Gasteiger partial charge >= 0.3 is 5.97 Å². The smallest absolute Gasteiger partial charge is 0.371 e. The Hall–Kier alpha value is -1.89. The Balaban J connectivity index is 3.03. The van der Waals surface area contributed by atoms with E-state index in [2.05, 4.69) is 5.92 Å². The van der Waals surface area contributed by atoms with E-state index in [0.717, 1.165) is 0 Å². The first-order valence-corrected chi connectivity index (χ1v) is 4.90. The topological polar surface area (TPSA) is 53.7 Å². The van der Waals surface area contributed by atoms with Crippen LogP contribution in [0.3, 0.4) is 0 Å². The van der Waals surface area contributed by atoms with E-state index in [9.17, 15) is 4.79 Å². The van der Waals surface area contributed by atoms with Crippen molar-refractivity contribution in [2.45, 2.75) is 26.3 Å². The molecule has 1 N–H and O–H groups in total. The number of nitrogens with zero attached hydrogens (tertiary/aromatic N) is 1. The lowest BCUT2D eigenvalue weighted by molar-refractivity contribution is 0.0662. The summed E-state index contributed by atoms with van der Waals surface area (Å²) in [7, 11) is 0. The van der Waals surface area contributed by atoms with E-state index in [4.69, 9.17) is 15.9 Å². The number of furan rings is 1.